The van der Waals surface area contributed by atoms with Gasteiger partial charge in [-0.3, -0.25) is 9.59 Å². The normalized spacial score (nSPS) is 15.1. The van der Waals surface area contributed by atoms with Crippen LogP contribution in [0.5, 0.6) is 0 Å². The molecule has 0 aliphatic carbocycles. The van der Waals surface area contributed by atoms with Crippen molar-refractivity contribution in [1.82, 2.24) is 14.9 Å². The third kappa shape index (κ3) is 3.65. The maximum absolute atomic E-state index is 12.7. The van der Waals surface area contributed by atoms with E-state index in [-0.39, 0.29) is 17.4 Å². The summed E-state index contributed by atoms with van der Waals surface area (Å²) in [6.07, 6.45) is 3.75. The minimum Gasteiger partial charge on any atom is -0.469 e. The van der Waals surface area contributed by atoms with Crippen molar-refractivity contribution in [2.24, 2.45) is 13.0 Å². The van der Waals surface area contributed by atoms with Crippen molar-refractivity contribution in [2.75, 3.05) is 24.5 Å². The molecule has 7 heteroatoms. The number of aryl methyl sites for hydroxylation is 1. The SMILES string of the molecule is Cn1c(=O)c(N2CCC(C(=O)NCCc3ccco3)CC2)nc2ccccc21. The van der Waals surface area contributed by atoms with Crippen molar-refractivity contribution in [3.8, 4) is 0 Å². The van der Waals surface area contributed by atoms with Gasteiger partial charge in [-0.25, -0.2) is 4.98 Å². The van der Waals surface area contributed by atoms with E-state index in [1.54, 1.807) is 17.9 Å². The van der Waals surface area contributed by atoms with Crippen molar-refractivity contribution >= 4 is 22.8 Å². The number of nitrogens with one attached hydrogen (secondary N) is 1. The number of nitrogens with zero attached hydrogens (tertiary/aromatic N) is 3. The minimum atomic E-state index is -0.0972. The summed E-state index contributed by atoms with van der Waals surface area (Å²) in [5, 5.41) is 2.99. The van der Waals surface area contributed by atoms with Crippen LogP contribution in [0.4, 0.5) is 5.82 Å². The molecule has 4 rings (SSSR count). The zero-order chi connectivity index (χ0) is 19.5. The molecule has 1 amide bonds. The zero-order valence-corrected chi connectivity index (χ0v) is 15.9. The van der Waals surface area contributed by atoms with Crippen LogP contribution in [0.1, 0.15) is 18.6 Å². The highest BCUT2D eigenvalue weighted by Crippen LogP contribution is 2.21. The van der Waals surface area contributed by atoms with Crippen molar-refractivity contribution in [3.05, 3.63) is 58.8 Å². The fraction of sp³-hybridized carbons (Fsp3) is 0.381. The van der Waals surface area contributed by atoms with Crippen LogP contribution in [0.15, 0.2) is 51.9 Å². The standard InChI is InChI=1S/C21H24N4O3/c1-24-18-7-3-2-6-17(18)23-19(21(24)27)25-12-9-15(10-13-25)20(26)22-11-8-16-5-4-14-28-16/h2-7,14-15H,8-13H2,1H3,(H,22,26). The summed E-state index contributed by atoms with van der Waals surface area (Å²) >= 11 is 0. The first kappa shape index (κ1) is 18.3. The molecule has 3 aromatic rings. The number of fused-ring (bicyclic) bond motifs is 1. The Morgan fingerprint density at radius 2 is 2.00 bits per heavy atom. The molecule has 3 heterocycles. The molecule has 0 radical (unpaired) electrons. The number of carbonyl (C=O) groups excluding carboxylic acids is 1. The molecule has 1 saturated heterocycles. The van der Waals surface area contributed by atoms with Crippen LogP contribution in [0.2, 0.25) is 0 Å². The van der Waals surface area contributed by atoms with Crippen LogP contribution in [0, 0.1) is 5.92 Å². The Balaban J connectivity index is 1.37. The minimum absolute atomic E-state index is 0.0304. The highest BCUT2D eigenvalue weighted by molar-refractivity contribution is 5.79. The van der Waals surface area contributed by atoms with Gasteiger partial charge >= 0.3 is 0 Å². The van der Waals surface area contributed by atoms with Crippen LogP contribution in [0.25, 0.3) is 11.0 Å². The topological polar surface area (TPSA) is 80.4 Å². The van der Waals surface area contributed by atoms with Crippen molar-refractivity contribution in [1.29, 1.82) is 0 Å². The van der Waals surface area contributed by atoms with E-state index in [2.05, 4.69) is 10.3 Å². The van der Waals surface area contributed by atoms with Crippen LogP contribution < -0.4 is 15.8 Å². The molecule has 1 N–H and O–H groups in total. The number of para-hydroxylation sites is 2. The van der Waals surface area contributed by atoms with E-state index in [9.17, 15) is 9.59 Å². The number of hydrogen-bond donors (Lipinski definition) is 1. The Morgan fingerprint density at radius 1 is 1.21 bits per heavy atom. The monoisotopic (exact) mass is 380 g/mol. The molecule has 1 aliphatic heterocycles. The largest absolute Gasteiger partial charge is 0.469 e. The number of rotatable bonds is 5. The Morgan fingerprint density at radius 3 is 2.75 bits per heavy atom. The Kier molecular flexibility index (Phi) is 5.14. The average Bonchev–Trinajstić information content (AvgIpc) is 3.24. The van der Waals surface area contributed by atoms with Crippen LogP contribution >= 0.6 is 0 Å². The molecule has 7 nitrogen and oxygen atoms in total. The molecule has 1 aromatic carbocycles. The summed E-state index contributed by atoms with van der Waals surface area (Å²) < 4.78 is 6.92. The number of aromatic nitrogens is 2. The van der Waals surface area contributed by atoms with Gasteiger partial charge in [0, 0.05) is 39.0 Å². The number of amides is 1. The maximum Gasteiger partial charge on any atom is 0.293 e. The fourth-order valence-corrected chi connectivity index (χ4v) is 3.73. The summed E-state index contributed by atoms with van der Waals surface area (Å²) in [4.78, 5) is 31.7. The molecule has 0 atom stereocenters. The van der Waals surface area contributed by atoms with Crippen LogP contribution in [-0.2, 0) is 18.3 Å². The van der Waals surface area contributed by atoms with E-state index >= 15 is 0 Å². The molecule has 0 bridgehead atoms. The lowest BCUT2D eigenvalue weighted by atomic mass is 9.96. The quantitative estimate of drug-likeness (QED) is 0.733. The van der Waals surface area contributed by atoms with Crippen molar-refractivity contribution < 1.29 is 9.21 Å². The summed E-state index contributed by atoms with van der Waals surface area (Å²) in [6, 6.07) is 11.4. The van der Waals surface area contributed by atoms with Crippen molar-refractivity contribution in [3.63, 3.8) is 0 Å². The van der Waals surface area contributed by atoms with Gasteiger partial charge in [0.15, 0.2) is 5.82 Å². The van der Waals surface area contributed by atoms with E-state index in [4.69, 9.17) is 4.42 Å². The van der Waals surface area contributed by atoms with Gasteiger partial charge in [-0.15, -0.1) is 0 Å². The number of hydrogen-bond acceptors (Lipinski definition) is 5. The first-order valence-corrected chi connectivity index (χ1v) is 9.64. The lowest BCUT2D eigenvalue weighted by molar-refractivity contribution is -0.125. The van der Waals surface area contributed by atoms with Gasteiger partial charge in [0.2, 0.25) is 5.91 Å². The third-order valence-electron chi connectivity index (χ3n) is 5.38. The predicted molar refractivity (Wildman–Crippen MR) is 107 cm³/mol. The second-order valence-electron chi connectivity index (χ2n) is 7.17. The molecule has 0 saturated carbocycles. The highest BCUT2D eigenvalue weighted by atomic mass is 16.3. The molecule has 1 fully saturated rings. The summed E-state index contributed by atoms with van der Waals surface area (Å²) in [5.41, 5.74) is 1.53. The van der Waals surface area contributed by atoms with Gasteiger partial charge in [0.25, 0.3) is 5.56 Å². The number of benzene rings is 1. The maximum atomic E-state index is 12.7. The summed E-state index contributed by atoms with van der Waals surface area (Å²) in [5.74, 6) is 1.38. The molecular weight excluding hydrogens is 356 g/mol. The first-order chi connectivity index (χ1) is 13.6. The van der Waals surface area contributed by atoms with E-state index in [0.29, 0.717) is 44.7 Å². The lowest BCUT2D eigenvalue weighted by Crippen LogP contribution is -2.43. The lowest BCUT2D eigenvalue weighted by Gasteiger charge is -2.32. The third-order valence-corrected chi connectivity index (χ3v) is 5.38. The smallest absolute Gasteiger partial charge is 0.293 e. The predicted octanol–water partition coefficient (Wildman–Crippen LogP) is 2.10. The molecule has 0 spiro atoms. The zero-order valence-electron chi connectivity index (χ0n) is 15.9. The highest BCUT2D eigenvalue weighted by Gasteiger charge is 2.27. The number of anilines is 1. The molecule has 1 aliphatic rings. The van der Waals surface area contributed by atoms with Gasteiger partial charge in [0.1, 0.15) is 5.76 Å². The Labute approximate surface area is 163 Å². The summed E-state index contributed by atoms with van der Waals surface area (Å²) in [7, 11) is 1.77. The van der Waals surface area contributed by atoms with E-state index < -0.39 is 0 Å². The Bertz CT molecular complexity index is 1020. The summed E-state index contributed by atoms with van der Waals surface area (Å²) in [6.45, 7) is 1.87. The first-order valence-electron chi connectivity index (χ1n) is 9.64. The fourth-order valence-electron chi connectivity index (χ4n) is 3.73. The van der Waals surface area contributed by atoms with Gasteiger partial charge in [-0.05, 0) is 37.1 Å². The second-order valence-corrected chi connectivity index (χ2v) is 7.17. The van der Waals surface area contributed by atoms with E-state index in [1.807, 2.05) is 41.3 Å². The average molecular weight is 380 g/mol. The van der Waals surface area contributed by atoms with Gasteiger partial charge in [-0.2, -0.15) is 0 Å². The molecule has 146 valence electrons. The second kappa shape index (κ2) is 7.88. The van der Waals surface area contributed by atoms with E-state index in [1.165, 1.54) is 0 Å². The van der Waals surface area contributed by atoms with Gasteiger partial charge < -0.3 is 19.2 Å². The number of furan rings is 1. The Hall–Kier alpha value is -3.09. The van der Waals surface area contributed by atoms with Crippen molar-refractivity contribution in [2.45, 2.75) is 19.3 Å². The van der Waals surface area contributed by atoms with E-state index in [0.717, 1.165) is 16.8 Å². The van der Waals surface area contributed by atoms with Gasteiger partial charge in [-0.1, -0.05) is 12.1 Å². The molecule has 2 aromatic heterocycles. The molecule has 28 heavy (non-hydrogen) atoms. The van der Waals surface area contributed by atoms with Crippen LogP contribution in [0.3, 0.4) is 0 Å². The van der Waals surface area contributed by atoms with Gasteiger partial charge in [0.05, 0.1) is 17.3 Å². The molecule has 0 unspecified atom stereocenters. The van der Waals surface area contributed by atoms with Crippen LogP contribution in [-0.4, -0.2) is 35.1 Å². The molecular formula is C21H24N4O3. The number of piperidine rings is 1. The number of carbonyl (C=O) groups is 1.